The number of para-hydroxylation sites is 1. The van der Waals surface area contributed by atoms with Gasteiger partial charge in [0.2, 0.25) is 10.0 Å². The van der Waals surface area contributed by atoms with Crippen LogP contribution in [0.1, 0.15) is 28.4 Å². The fourth-order valence-electron chi connectivity index (χ4n) is 3.25. The maximum atomic E-state index is 12.7. The summed E-state index contributed by atoms with van der Waals surface area (Å²) in [5.41, 5.74) is 1.82. The van der Waals surface area contributed by atoms with Crippen LogP contribution in [0, 0.1) is 0 Å². The normalized spacial score (nSPS) is 16.4. The average molecular weight is 390 g/mol. The number of benzene rings is 2. The number of anilines is 1. The predicted molar refractivity (Wildman–Crippen MR) is 103 cm³/mol. The van der Waals surface area contributed by atoms with Crippen LogP contribution in [0.3, 0.4) is 0 Å². The van der Waals surface area contributed by atoms with Gasteiger partial charge in [0.1, 0.15) is 0 Å². The van der Waals surface area contributed by atoms with Gasteiger partial charge in [-0.05, 0) is 36.2 Å². The van der Waals surface area contributed by atoms with Crippen molar-refractivity contribution in [2.75, 3.05) is 31.3 Å². The van der Waals surface area contributed by atoms with Crippen molar-refractivity contribution in [1.29, 1.82) is 0 Å². The van der Waals surface area contributed by atoms with Gasteiger partial charge < -0.3 is 14.8 Å². The number of ether oxygens (including phenoxy) is 2. The first-order valence-electron chi connectivity index (χ1n) is 8.44. The van der Waals surface area contributed by atoms with Crippen molar-refractivity contribution in [2.24, 2.45) is 0 Å². The molecule has 0 bridgehead atoms. The molecule has 0 fully saturated rings. The first kappa shape index (κ1) is 19.0. The fraction of sp³-hybridized carbons (Fsp3) is 0.316. The Bertz CT molecular complexity index is 958. The molecule has 0 saturated carbocycles. The number of sulfonamides is 1. The van der Waals surface area contributed by atoms with Crippen LogP contribution in [0.2, 0.25) is 0 Å². The number of nitrogens with one attached hydrogen (secondary N) is 1. The van der Waals surface area contributed by atoms with Crippen LogP contribution in [0.25, 0.3) is 0 Å². The minimum atomic E-state index is -3.37. The number of amides is 1. The molecule has 0 spiro atoms. The number of fused-ring (bicyclic) bond motifs is 1. The summed E-state index contributed by atoms with van der Waals surface area (Å²) in [7, 11) is -0.327. The number of rotatable bonds is 5. The van der Waals surface area contributed by atoms with Crippen molar-refractivity contribution in [2.45, 2.75) is 12.5 Å². The molecule has 1 amide bonds. The van der Waals surface area contributed by atoms with E-state index in [2.05, 4.69) is 5.32 Å². The SMILES string of the molecule is COc1ccc(C(=O)NC2CCN(S(C)(=O)=O)c3ccccc32)cc1OC. The topological polar surface area (TPSA) is 84.9 Å². The number of carbonyl (C=O) groups is 1. The molecule has 7 nitrogen and oxygen atoms in total. The first-order valence-corrected chi connectivity index (χ1v) is 10.3. The molecule has 1 heterocycles. The van der Waals surface area contributed by atoms with E-state index in [9.17, 15) is 13.2 Å². The zero-order valence-electron chi connectivity index (χ0n) is 15.4. The van der Waals surface area contributed by atoms with Crippen LogP contribution in [-0.4, -0.2) is 41.3 Å². The third-order valence-electron chi connectivity index (χ3n) is 4.55. The first-order chi connectivity index (χ1) is 12.8. The lowest BCUT2D eigenvalue weighted by atomic mass is 9.97. The molecule has 0 aliphatic carbocycles. The largest absolute Gasteiger partial charge is 0.493 e. The molecule has 1 aliphatic rings. The molecule has 1 N–H and O–H groups in total. The highest BCUT2D eigenvalue weighted by molar-refractivity contribution is 7.92. The van der Waals surface area contributed by atoms with E-state index in [0.29, 0.717) is 35.7 Å². The van der Waals surface area contributed by atoms with Crippen molar-refractivity contribution in [3.05, 3.63) is 53.6 Å². The Balaban J connectivity index is 1.87. The second kappa shape index (κ2) is 7.48. The Hall–Kier alpha value is -2.74. The summed E-state index contributed by atoms with van der Waals surface area (Å²) >= 11 is 0. The van der Waals surface area contributed by atoms with Gasteiger partial charge in [0.05, 0.1) is 32.2 Å². The van der Waals surface area contributed by atoms with Crippen LogP contribution in [0.4, 0.5) is 5.69 Å². The monoisotopic (exact) mass is 390 g/mol. The Morgan fingerprint density at radius 3 is 2.48 bits per heavy atom. The lowest BCUT2D eigenvalue weighted by Gasteiger charge is -2.34. The quantitative estimate of drug-likeness (QED) is 0.847. The van der Waals surface area contributed by atoms with Gasteiger partial charge >= 0.3 is 0 Å². The van der Waals surface area contributed by atoms with Crippen LogP contribution >= 0.6 is 0 Å². The van der Waals surface area contributed by atoms with E-state index in [-0.39, 0.29) is 11.9 Å². The van der Waals surface area contributed by atoms with E-state index in [4.69, 9.17) is 9.47 Å². The van der Waals surface area contributed by atoms with Crippen molar-refractivity contribution in [3.8, 4) is 11.5 Å². The van der Waals surface area contributed by atoms with Gasteiger partial charge in [-0.15, -0.1) is 0 Å². The van der Waals surface area contributed by atoms with Crippen molar-refractivity contribution in [3.63, 3.8) is 0 Å². The minimum Gasteiger partial charge on any atom is -0.493 e. The van der Waals surface area contributed by atoms with Crippen molar-refractivity contribution < 1.29 is 22.7 Å². The van der Waals surface area contributed by atoms with Crippen LogP contribution in [0.15, 0.2) is 42.5 Å². The maximum Gasteiger partial charge on any atom is 0.251 e. The van der Waals surface area contributed by atoms with E-state index in [1.54, 1.807) is 30.3 Å². The van der Waals surface area contributed by atoms with Gasteiger partial charge in [-0.1, -0.05) is 18.2 Å². The van der Waals surface area contributed by atoms with Crippen molar-refractivity contribution in [1.82, 2.24) is 5.32 Å². The molecular weight excluding hydrogens is 368 g/mol. The Labute approximate surface area is 158 Å². The molecule has 1 atom stereocenters. The lowest BCUT2D eigenvalue weighted by Crippen LogP contribution is -2.40. The third-order valence-corrected chi connectivity index (χ3v) is 5.73. The zero-order chi connectivity index (χ0) is 19.6. The summed E-state index contributed by atoms with van der Waals surface area (Å²) < 4.78 is 35.9. The Morgan fingerprint density at radius 1 is 1.11 bits per heavy atom. The third kappa shape index (κ3) is 3.85. The summed E-state index contributed by atoms with van der Waals surface area (Å²) in [4.78, 5) is 12.7. The molecule has 2 aromatic rings. The summed E-state index contributed by atoms with van der Waals surface area (Å²) in [6.07, 6.45) is 1.68. The molecule has 2 aromatic carbocycles. The molecule has 0 saturated heterocycles. The summed E-state index contributed by atoms with van der Waals surface area (Å²) in [5, 5.41) is 3.00. The van der Waals surface area contributed by atoms with E-state index < -0.39 is 10.0 Å². The number of methoxy groups -OCH3 is 2. The molecule has 144 valence electrons. The molecular formula is C19H22N2O5S. The molecule has 27 heavy (non-hydrogen) atoms. The number of hydrogen-bond acceptors (Lipinski definition) is 5. The van der Waals surface area contributed by atoms with E-state index in [1.807, 2.05) is 12.1 Å². The molecule has 1 unspecified atom stereocenters. The molecule has 0 aromatic heterocycles. The predicted octanol–water partition coefficient (Wildman–Crippen LogP) is 2.34. The molecule has 8 heteroatoms. The fourth-order valence-corrected chi connectivity index (χ4v) is 4.21. The highest BCUT2D eigenvalue weighted by Crippen LogP contribution is 2.35. The Morgan fingerprint density at radius 2 is 1.81 bits per heavy atom. The zero-order valence-corrected chi connectivity index (χ0v) is 16.2. The van der Waals surface area contributed by atoms with Gasteiger partial charge in [0.25, 0.3) is 5.91 Å². The van der Waals surface area contributed by atoms with Crippen LogP contribution < -0.4 is 19.1 Å². The van der Waals surface area contributed by atoms with Gasteiger partial charge in [0, 0.05) is 12.1 Å². The van der Waals surface area contributed by atoms with Crippen LogP contribution in [-0.2, 0) is 10.0 Å². The highest BCUT2D eigenvalue weighted by Gasteiger charge is 2.30. The maximum absolute atomic E-state index is 12.7. The second-order valence-electron chi connectivity index (χ2n) is 6.28. The van der Waals surface area contributed by atoms with E-state index in [1.165, 1.54) is 24.8 Å². The molecule has 0 radical (unpaired) electrons. The number of nitrogens with zero attached hydrogens (tertiary/aromatic N) is 1. The minimum absolute atomic E-state index is 0.261. The molecule has 3 rings (SSSR count). The van der Waals surface area contributed by atoms with E-state index in [0.717, 1.165) is 5.56 Å². The highest BCUT2D eigenvalue weighted by atomic mass is 32.2. The standard InChI is InChI=1S/C19H22N2O5S/c1-25-17-9-8-13(12-18(17)26-2)19(22)20-15-10-11-21(27(3,23)24)16-7-5-4-6-14(15)16/h4-9,12,15H,10-11H2,1-3H3,(H,20,22). The van der Waals surface area contributed by atoms with E-state index >= 15 is 0 Å². The summed E-state index contributed by atoms with van der Waals surface area (Å²) in [6.45, 7) is 0.312. The van der Waals surface area contributed by atoms with Gasteiger partial charge in [-0.2, -0.15) is 0 Å². The number of hydrogen-bond donors (Lipinski definition) is 1. The van der Waals surface area contributed by atoms with Crippen LogP contribution in [0.5, 0.6) is 11.5 Å². The summed E-state index contributed by atoms with van der Waals surface area (Å²) in [5.74, 6) is 0.752. The van der Waals surface area contributed by atoms with Gasteiger partial charge in [-0.25, -0.2) is 8.42 Å². The van der Waals surface area contributed by atoms with Gasteiger partial charge in [0.15, 0.2) is 11.5 Å². The summed E-state index contributed by atoms with van der Waals surface area (Å²) in [6, 6.07) is 11.9. The van der Waals surface area contributed by atoms with Crippen molar-refractivity contribution >= 4 is 21.6 Å². The van der Waals surface area contributed by atoms with Gasteiger partial charge in [-0.3, -0.25) is 9.10 Å². The second-order valence-corrected chi connectivity index (χ2v) is 8.19. The number of carbonyl (C=O) groups excluding carboxylic acids is 1. The lowest BCUT2D eigenvalue weighted by molar-refractivity contribution is 0.0934. The Kier molecular flexibility index (Phi) is 5.27. The average Bonchev–Trinajstić information content (AvgIpc) is 2.66. The molecule has 1 aliphatic heterocycles. The smallest absolute Gasteiger partial charge is 0.251 e.